The molecule has 3 rings (SSSR count). The van der Waals surface area contributed by atoms with Crippen LogP contribution in [0.5, 0.6) is 6.01 Å². The van der Waals surface area contributed by atoms with Gasteiger partial charge in [0.2, 0.25) is 0 Å². The molecule has 0 aromatic carbocycles. The van der Waals surface area contributed by atoms with E-state index in [2.05, 4.69) is 9.97 Å². The average molecular weight is 309 g/mol. The minimum Gasteiger partial charge on any atom is -0.458 e. The maximum absolute atomic E-state index is 12.8. The van der Waals surface area contributed by atoms with Gasteiger partial charge in [-0.25, -0.2) is 19.2 Å². The maximum atomic E-state index is 12.8. The van der Waals surface area contributed by atoms with Gasteiger partial charge in [0.05, 0.1) is 18.9 Å². The van der Waals surface area contributed by atoms with Gasteiger partial charge in [-0.1, -0.05) is 0 Å². The summed E-state index contributed by atoms with van der Waals surface area (Å²) in [7, 11) is 0. The van der Waals surface area contributed by atoms with E-state index in [1.807, 2.05) is 0 Å². The van der Waals surface area contributed by atoms with Crippen LogP contribution in [0.3, 0.4) is 0 Å². The third kappa shape index (κ3) is 3.84. The fourth-order valence-corrected chi connectivity index (χ4v) is 2.93. The van der Waals surface area contributed by atoms with Crippen LogP contribution in [0.25, 0.3) is 0 Å². The summed E-state index contributed by atoms with van der Waals surface area (Å²) < 4.78 is 23.9. The summed E-state index contributed by atoms with van der Waals surface area (Å²) in [5.41, 5.74) is 0. The number of hydrogen-bond acceptors (Lipinski definition) is 5. The second-order valence-electron chi connectivity index (χ2n) is 5.80. The number of amides is 1. The molecule has 1 aliphatic carbocycles. The average Bonchev–Trinajstić information content (AvgIpc) is 3.03. The molecule has 1 atom stereocenters. The van der Waals surface area contributed by atoms with Gasteiger partial charge in [-0.15, -0.1) is 0 Å². The predicted octanol–water partition coefficient (Wildman–Crippen LogP) is 2.54. The summed E-state index contributed by atoms with van der Waals surface area (Å²) in [5, 5.41) is 0. The molecule has 0 N–H and O–H groups in total. The molecule has 7 heteroatoms. The molecule has 1 aromatic rings. The molecule has 1 saturated carbocycles. The van der Waals surface area contributed by atoms with Crippen LogP contribution in [0, 0.1) is 5.82 Å². The van der Waals surface area contributed by atoms with E-state index >= 15 is 0 Å². The highest BCUT2D eigenvalue weighted by Crippen LogP contribution is 2.23. The molecule has 1 aromatic heterocycles. The smallest absolute Gasteiger partial charge is 0.410 e. The molecule has 1 unspecified atom stereocenters. The zero-order valence-electron chi connectivity index (χ0n) is 12.4. The van der Waals surface area contributed by atoms with E-state index in [0.29, 0.717) is 13.1 Å². The van der Waals surface area contributed by atoms with Gasteiger partial charge < -0.3 is 14.4 Å². The van der Waals surface area contributed by atoms with Crippen molar-refractivity contribution in [3.8, 4) is 6.01 Å². The lowest BCUT2D eigenvalue weighted by atomic mass is 10.1. The third-order valence-electron chi connectivity index (χ3n) is 4.07. The highest BCUT2D eigenvalue weighted by molar-refractivity contribution is 5.68. The van der Waals surface area contributed by atoms with E-state index in [-0.39, 0.29) is 24.3 Å². The van der Waals surface area contributed by atoms with Gasteiger partial charge in [0.25, 0.3) is 0 Å². The molecule has 2 aliphatic rings. The van der Waals surface area contributed by atoms with E-state index < -0.39 is 5.82 Å². The topological polar surface area (TPSA) is 64.5 Å². The summed E-state index contributed by atoms with van der Waals surface area (Å²) >= 11 is 0. The number of hydrogen-bond donors (Lipinski definition) is 0. The van der Waals surface area contributed by atoms with Crippen LogP contribution in [0.1, 0.15) is 38.5 Å². The largest absolute Gasteiger partial charge is 0.458 e. The molecule has 0 radical (unpaired) electrons. The van der Waals surface area contributed by atoms with Gasteiger partial charge in [-0.05, 0) is 38.5 Å². The van der Waals surface area contributed by atoms with Crippen molar-refractivity contribution in [2.24, 2.45) is 0 Å². The minimum absolute atomic E-state index is 0.0641. The first-order valence-electron chi connectivity index (χ1n) is 7.80. The van der Waals surface area contributed by atoms with Crippen molar-refractivity contribution < 1.29 is 18.7 Å². The molecule has 0 bridgehead atoms. The summed E-state index contributed by atoms with van der Waals surface area (Å²) in [6.07, 6.45) is 7.58. The van der Waals surface area contributed by atoms with Gasteiger partial charge in [-0.2, -0.15) is 0 Å². The third-order valence-corrected chi connectivity index (χ3v) is 4.07. The molecule has 1 aliphatic heterocycles. The number of likely N-dealkylation sites (tertiary alicyclic amines) is 1. The Balaban J connectivity index is 1.52. The Morgan fingerprint density at radius 1 is 1.14 bits per heavy atom. The summed E-state index contributed by atoms with van der Waals surface area (Å²) in [6.45, 7) is 1.13. The standard InChI is InChI=1S/C15H20FN3O3/c16-11-8-17-14(18-9-11)21-13-6-3-7-19(10-13)15(20)22-12-4-1-2-5-12/h8-9,12-13H,1-7,10H2. The number of piperidine rings is 1. The second-order valence-corrected chi connectivity index (χ2v) is 5.80. The molecule has 2 heterocycles. The van der Waals surface area contributed by atoms with E-state index in [0.717, 1.165) is 50.9 Å². The van der Waals surface area contributed by atoms with Gasteiger partial charge >= 0.3 is 12.1 Å². The number of aromatic nitrogens is 2. The molecule has 120 valence electrons. The second kappa shape index (κ2) is 6.89. The molecular formula is C15H20FN3O3. The molecule has 0 spiro atoms. The fourth-order valence-electron chi connectivity index (χ4n) is 2.93. The molecule has 6 nitrogen and oxygen atoms in total. The van der Waals surface area contributed by atoms with Crippen LogP contribution in [0.2, 0.25) is 0 Å². The predicted molar refractivity (Wildman–Crippen MR) is 76.0 cm³/mol. The Morgan fingerprint density at radius 2 is 1.82 bits per heavy atom. The summed E-state index contributed by atoms with van der Waals surface area (Å²) in [6, 6.07) is 0.136. The van der Waals surface area contributed by atoms with Gasteiger partial charge in [0, 0.05) is 6.54 Å². The SMILES string of the molecule is O=C(OC1CCCC1)N1CCCC(Oc2ncc(F)cn2)C1. The summed E-state index contributed by atoms with van der Waals surface area (Å²) in [5.74, 6) is -0.502. The van der Waals surface area contributed by atoms with Crippen molar-refractivity contribution in [2.45, 2.75) is 50.7 Å². The quantitative estimate of drug-likeness (QED) is 0.858. The molecule has 1 saturated heterocycles. The minimum atomic E-state index is -0.502. The highest BCUT2D eigenvalue weighted by Gasteiger charge is 2.29. The number of nitrogens with zero attached hydrogens (tertiary/aromatic N) is 3. The van der Waals surface area contributed by atoms with Crippen LogP contribution < -0.4 is 4.74 Å². The number of carbonyl (C=O) groups is 1. The molecule has 2 fully saturated rings. The van der Waals surface area contributed by atoms with Crippen molar-refractivity contribution in [3.63, 3.8) is 0 Å². The van der Waals surface area contributed by atoms with Crippen molar-refractivity contribution in [1.82, 2.24) is 14.9 Å². The first kappa shape index (κ1) is 15.0. The Labute approximate surface area is 128 Å². The molecular weight excluding hydrogens is 289 g/mol. The van der Waals surface area contributed by atoms with Crippen molar-refractivity contribution in [3.05, 3.63) is 18.2 Å². The zero-order chi connectivity index (χ0) is 15.4. The molecule has 1 amide bonds. The van der Waals surface area contributed by atoms with Crippen LogP contribution in [-0.2, 0) is 4.74 Å². The first-order chi connectivity index (χ1) is 10.7. The lowest BCUT2D eigenvalue weighted by Crippen LogP contribution is -2.45. The van der Waals surface area contributed by atoms with Crippen molar-refractivity contribution >= 4 is 6.09 Å². The Morgan fingerprint density at radius 3 is 2.55 bits per heavy atom. The van der Waals surface area contributed by atoms with Crippen molar-refractivity contribution in [1.29, 1.82) is 0 Å². The van der Waals surface area contributed by atoms with E-state index in [9.17, 15) is 9.18 Å². The fraction of sp³-hybridized carbons (Fsp3) is 0.667. The zero-order valence-corrected chi connectivity index (χ0v) is 12.4. The molecule has 22 heavy (non-hydrogen) atoms. The van der Waals surface area contributed by atoms with Gasteiger partial charge in [0.1, 0.15) is 12.2 Å². The number of ether oxygens (including phenoxy) is 2. The first-order valence-corrected chi connectivity index (χ1v) is 7.80. The van der Waals surface area contributed by atoms with E-state index in [1.165, 1.54) is 0 Å². The summed E-state index contributed by atoms with van der Waals surface area (Å²) in [4.78, 5) is 21.4. The monoisotopic (exact) mass is 309 g/mol. The number of rotatable bonds is 3. The highest BCUT2D eigenvalue weighted by atomic mass is 19.1. The lowest BCUT2D eigenvalue weighted by Gasteiger charge is -2.32. The Kier molecular flexibility index (Phi) is 4.70. The van der Waals surface area contributed by atoms with E-state index in [4.69, 9.17) is 9.47 Å². The van der Waals surface area contributed by atoms with Crippen LogP contribution >= 0.6 is 0 Å². The lowest BCUT2D eigenvalue weighted by molar-refractivity contribution is 0.0347. The Hall–Kier alpha value is -1.92. The van der Waals surface area contributed by atoms with E-state index in [1.54, 1.807) is 4.90 Å². The maximum Gasteiger partial charge on any atom is 0.410 e. The van der Waals surface area contributed by atoms with Crippen molar-refractivity contribution in [2.75, 3.05) is 13.1 Å². The van der Waals surface area contributed by atoms with Crippen LogP contribution in [-0.4, -0.2) is 46.3 Å². The number of halogens is 1. The van der Waals surface area contributed by atoms with Gasteiger partial charge in [0.15, 0.2) is 5.82 Å². The Bertz CT molecular complexity index is 505. The van der Waals surface area contributed by atoms with Gasteiger partial charge in [-0.3, -0.25) is 0 Å². The number of carbonyl (C=O) groups excluding carboxylic acids is 1. The van der Waals surface area contributed by atoms with Crippen LogP contribution in [0.4, 0.5) is 9.18 Å². The normalized spacial score (nSPS) is 22.6. The van der Waals surface area contributed by atoms with Crippen LogP contribution in [0.15, 0.2) is 12.4 Å².